The molecular formula is C23H26O5. The zero-order valence-electron chi connectivity index (χ0n) is 16.8. The van der Waals surface area contributed by atoms with E-state index in [0.29, 0.717) is 17.9 Å². The number of ether oxygens (including phenoxy) is 3. The summed E-state index contributed by atoms with van der Waals surface area (Å²) in [6, 6.07) is 13.0. The van der Waals surface area contributed by atoms with Crippen molar-refractivity contribution in [1.29, 1.82) is 0 Å². The van der Waals surface area contributed by atoms with Crippen LogP contribution in [-0.4, -0.2) is 19.0 Å². The van der Waals surface area contributed by atoms with E-state index in [4.69, 9.17) is 14.2 Å². The Labute approximate surface area is 165 Å². The van der Waals surface area contributed by atoms with Crippen LogP contribution in [0.4, 0.5) is 0 Å². The number of esters is 2. The number of carbonyl (C=O) groups excluding carboxylic acids is 2. The van der Waals surface area contributed by atoms with Crippen molar-refractivity contribution < 1.29 is 23.8 Å². The average molecular weight is 382 g/mol. The Morgan fingerprint density at radius 2 is 1.82 bits per heavy atom. The molecule has 3 rings (SSSR count). The van der Waals surface area contributed by atoms with Crippen molar-refractivity contribution in [3.05, 3.63) is 53.6 Å². The van der Waals surface area contributed by atoms with Gasteiger partial charge < -0.3 is 14.2 Å². The van der Waals surface area contributed by atoms with Crippen molar-refractivity contribution >= 4 is 11.9 Å². The monoisotopic (exact) mass is 382 g/mol. The Bertz CT molecular complexity index is 867. The molecule has 1 atom stereocenters. The molecule has 2 aromatic rings. The van der Waals surface area contributed by atoms with E-state index in [1.54, 1.807) is 25.3 Å². The molecule has 0 radical (unpaired) electrons. The molecule has 5 nitrogen and oxygen atoms in total. The van der Waals surface area contributed by atoms with Crippen LogP contribution in [0.3, 0.4) is 0 Å². The molecule has 1 aliphatic heterocycles. The third kappa shape index (κ3) is 4.35. The third-order valence-electron chi connectivity index (χ3n) is 5.19. The highest BCUT2D eigenvalue weighted by molar-refractivity contribution is 5.82. The molecular weight excluding hydrogens is 356 g/mol. The van der Waals surface area contributed by atoms with Gasteiger partial charge in [0.1, 0.15) is 17.2 Å². The summed E-state index contributed by atoms with van der Waals surface area (Å²) >= 11 is 0. The predicted molar refractivity (Wildman–Crippen MR) is 106 cm³/mol. The molecule has 1 unspecified atom stereocenters. The lowest BCUT2D eigenvalue weighted by Gasteiger charge is -2.27. The third-order valence-corrected chi connectivity index (χ3v) is 5.19. The second-order valence-corrected chi connectivity index (χ2v) is 7.78. The fraction of sp³-hybridized carbons (Fsp3) is 0.391. The second-order valence-electron chi connectivity index (χ2n) is 7.78. The minimum atomic E-state index is -0.661. The highest BCUT2D eigenvalue weighted by Crippen LogP contribution is 2.36. The van der Waals surface area contributed by atoms with E-state index in [0.717, 1.165) is 17.7 Å². The van der Waals surface area contributed by atoms with Crippen molar-refractivity contribution in [2.45, 2.75) is 46.0 Å². The summed E-state index contributed by atoms with van der Waals surface area (Å²) in [6.07, 6.45) is 1.79. The van der Waals surface area contributed by atoms with Crippen molar-refractivity contribution in [3.8, 4) is 17.2 Å². The van der Waals surface area contributed by atoms with Gasteiger partial charge in [-0.3, -0.25) is 9.59 Å². The van der Waals surface area contributed by atoms with Crippen LogP contribution in [0, 0.1) is 5.41 Å². The van der Waals surface area contributed by atoms with Gasteiger partial charge in [-0.15, -0.1) is 0 Å². The van der Waals surface area contributed by atoms with Gasteiger partial charge in [0.05, 0.1) is 18.9 Å². The molecule has 0 aromatic heterocycles. The first-order valence-electron chi connectivity index (χ1n) is 9.52. The largest absolute Gasteiger partial charge is 0.497 e. The standard InChI is InChI=1S/C23H26O5/c1-5-15(16-6-8-18(26-4)9-7-16)14-23(2,3)22(25)27-19-10-11-20-17(12-19)13-21(24)28-20/h6-12,15H,5,13-14H2,1-4H3. The SMILES string of the molecule is CCC(CC(C)(C)C(=O)Oc1ccc2c(c1)CC(=O)O2)c1ccc(OC)cc1. The fourth-order valence-electron chi connectivity index (χ4n) is 3.49. The highest BCUT2D eigenvalue weighted by atomic mass is 16.5. The zero-order valence-corrected chi connectivity index (χ0v) is 16.8. The van der Waals surface area contributed by atoms with E-state index in [-0.39, 0.29) is 24.3 Å². The van der Waals surface area contributed by atoms with Crippen molar-refractivity contribution in [2.24, 2.45) is 5.41 Å². The van der Waals surface area contributed by atoms with Crippen LogP contribution < -0.4 is 14.2 Å². The fourth-order valence-corrected chi connectivity index (χ4v) is 3.49. The predicted octanol–water partition coefficient (Wildman–Crippen LogP) is 4.67. The lowest BCUT2D eigenvalue weighted by Crippen LogP contribution is -2.30. The molecule has 28 heavy (non-hydrogen) atoms. The first-order valence-corrected chi connectivity index (χ1v) is 9.52. The summed E-state index contributed by atoms with van der Waals surface area (Å²) in [5, 5.41) is 0. The molecule has 1 heterocycles. The molecule has 0 fully saturated rings. The number of methoxy groups -OCH3 is 1. The smallest absolute Gasteiger partial charge is 0.316 e. The summed E-state index contributed by atoms with van der Waals surface area (Å²) in [5.41, 5.74) is 1.27. The van der Waals surface area contributed by atoms with Gasteiger partial charge in [-0.1, -0.05) is 19.1 Å². The summed E-state index contributed by atoms with van der Waals surface area (Å²) in [5.74, 6) is 1.45. The summed E-state index contributed by atoms with van der Waals surface area (Å²) in [7, 11) is 1.65. The molecule has 0 spiro atoms. The first kappa shape index (κ1) is 19.9. The van der Waals surface area contributed by atoms with E-state index >= 15 is 0 Å². The van der Waals surface area contributed by atoms with Crippen LogP contribution in [0.2, 0.25) is 0 Å². The topological polar surface area (TPSA) is 61.8 Å². The second kappa shape index (κ2) is 8.05. The lowest BCUT2D eigenvalue weighted by molar-refractivity contribution is -0.144. The van der Waals surface area contributed by atoms with Gasteiger partial charge in [0.25, 0.3) is 0 Å². The van der Waals surface area contributed by atoms with Crippen LogP contribution in [0.15, 0.2) is 42.5 Å². The molecule has 0 saturated heterocycles. The van der Waals surface area contributed by atoms with Gasteiger partial charge in [-0.2, -0.15) is 0 Å². The molecule has 2 aromatic carbocycles. The van der Waals surface area contributed by atoms with E-state index in [2.05, 4.69) is 6.92 Å². The molecule has 148 valence electrons. The summed E-state index contributed by atoms with van der Waals surface area (Å²) in [6.45, 7) is 5.93. The summed E-state index contributed by atoms with van der Waals surface area (Å²) in [4.78, 5) is 24.2. The Morgan fingerprint density at radius 1 is 1.14 bits per heavy atom. The lowest BCUT2D eigenvalue weighted by atomic mass is 9.79. The number of carbonyl (C=O) groups is 2. The Morgan fingerprint density at radius 3 is 2.46 bits per heavy atom. The van der Waals surface area contributed by atoms with Crippen molar-refractivity contribution in [3.63, 3.8) is 0 Å². The normalized spacial score (nSPS) is 14.2. The van der Waals surface area contributed by atoms with Crippen LogP contribution in [-0.2, 0) is 16.0 Å². The number of fused-ring (bicyclic) bond motifs is 1. The van der Waals surface area contributed by atoms with Gasteiger partial charge in [-0.05, 0) is 68.5 Å². The molecule has 0 amide bonds. The maximum absolute atomic E-state index is 12.8. The number of hydrogen-bond donors (Lipinski definition) is 0. The van der Waals surface area contributed by atoms with Gasteiger partial charge in [0.15, 0.2) is 0 Å². The average Bonchev–Trinajstić information content (AvgIpc) is 3.05. The van der Waals surface area contributed by atoms with Crippen LogP contribution in [0.5, 0.6) is 17.2 Å². The number of rotatable bonds is 7. The number of benzene rings is 2. The first-order chi connectivity index (χ1) is 13.3. The molecule has 0 bridgehead atoms. The number of hydrogen-bond acceptors (Lipinski definition) is 5. The van der Waals surface area contributed by atoms with Crippen molar-refractivity contribution in [1.82, 2.24) is 0 Å². The highest BCUT2D eigenvalue weighted by Gasteiger charge is 2.33. The minimum Gasteiger partial charge on any atom is -0.497 e. The Hall–Kier alpha value is -2.82. The zero-order chi connectivity index (χ0) is 20.3. The maximum atomic E-state index is 12.8. The van der Waals surface area contributed by atoms with Crippen LogP contribution >= 0.6 is 0 Å². The Kier molecular flexibility index (Phi) is 5.73. The van der Waals surface area contributed by atoms with E-state index in [1.807, 2.05) is 38.1 Å². The minimum absolute atomic E-state index is 0.208. The molecule has 0 aliphatic carbocycles. The maximum Gasteiger partial charge on any atom is 0.316 e. The molecule has 1 aliphatic rings. The molecule has 0 N–H and O–H groups in total. The van der Waals surface area contributed by atoms with E-state index < -0.39 is 5.41 Å². The van der Waals surface area contributed by atoms with Gasteiger partial charge in [0.2, 0.25) is 0 Å². The summed E-state index contributed by atoms with van der Waals surface area (Å²) < 4.78 is 15.9. The van der Waals surface area contributed by atoms with E-state index in [9.17, 15) is 9.59 Å². The van der Waals surface area contributed by atoms with Gasteiger partial charge in [-0.25, -0.2) is 0 Å². The van der Waals surface area contributed by atoms with E-state index in [1.165, 1.54) is 5.56 Å². The van der Waals surface area contributed by atoms with Gasteiger partial charge in [0, 0.05) is 5.56 Å². The van der Waals surface area contributed by atoms with Crippen LogP contribution in [0.1, 0.15) is 50.7 Å². The quantitative estimate of drug-likeness (QED) is 0.514. The molecule has 5 heteroatoms. The Balaban J connectivity index is 1.69. The van der Waals surface area contributed by atoms with Crippen molar-refractivity contribution in [2.75, 3.05) is 7.11 Å². The van der Waals surface area contributed by atoms with Crippen LogP contribution in [0.25, 0.3) is 0 Å². The molecule has 0 saturated carbocycles. The van der Waals surface area contributed by atoms with Gasteiger partial charge >= 0.3 is 11.9 Å².